The SMILES string of the molecule is CCCCN(c1ccc(CNC)cc1Cl)C1CC1. The first kappa shape index (κ1) is 13.7. The van der Waals surface area contributed by atoms with Gasteiger partial charge >= 0.3 is 0 Å². The second kappa shape index (κ2) is 6.44. The molecular formula is C15H23ClN2. The Balaban J connectivity index is 2.13. The van der Waals surface area contributed by atoms with Gasteiger partial charge in [-0.3, -0.25) is 0 Å². The van der Waals surface area contributed by atoms with Crippen LogP contribution in [-0.4, -0.2) is 19.6 Å². The van der Waals surface area contributed by atoms with Gasteiger partial charge in [0, 0.05) is 19.1 Å². The summed E-state index contributed by atoms with van der Waals surface area (Å²) in [7, 11) is 1.96. The third-order valence-corrected chi connectivity index (χ3v) is 3.75. The normalized spacial score (nSPS) is 14.8. The summed E-state index contributed by atoms with van der Waals surface area (Å²) >= 11 is 6.44. The quantitative estimate of drug-likeness (QED) is 0.807. The van der Waals surface area contributed by atoms with Crippen molar-refractivity contribution in [1.82, 2.24) is 5.32 Å². The van der Waals surface area contributed by atoms with E-state index < -0.39 is 0 Å². The van der Waals surface area contributed by atoms with Crippen LogP contribution in [-0.2, 0) is 6.54 Å². The van der Waals surface area contributed by atoms with E-state index in [1.807, 2.05) is 7.05 Å². The van der Waals surface area contributed by atoms with Crippen LogP contribution in [0.25, 0.3) is 0 Å². The predicted octanol–water partition coefficient (Wildman–Crippen LogP) is 3.83. The number of benzene rings is 1. The minimum atomic E-state index is 0.726. The predicted molar refractivity (Wildman–Crippen MR) is 79.5 cm³/mol. The summed E-state index contributed by atoms with van der Waals surface area (Å²) in [6.07, 6.45) is 5.11. The van der Waals surface area contributed by atoms with E-state index in [9.17, 15) is 0 Å². The zero-order valence-electron chi connectivity index (χ0n) is 11.4. The van der Waals surface area contributed by atoms with Crippen LogP contribution in [0.5, 0.6) is 0 Å². The summed E-state index contributed by atoms with van der Waals surface area (Å²) in [5.41, 5.74) is 2.46. The fraction of sp³-hybridized carbons (Fsp3) is 0.600. The maximum absolute atomic E-state index is 6.44. The molecule has 0 saturated heterocycles. The highest BCUT2D eigenvalue weighted by Crippen LogP contribution is 2.36. The highest BCUT2D eigenvalue weighted by molar-refractivity contribution is 6.33. The smallest absolute Gasteiger partial charge is 0.0642 e. The number of nitrogens with one attached hydrogen (secondary N) is 1. The molecule has 100 valence electrons. The average molecular weight is 267 g/mol. The van der Waals surface area contributed by atoms with Gasteiger partial charge in [-0.2, -0.15) is 0 Å². The van der Waals surface area contributed by atoms with Crippen LogP contribution in [0.2, 0.25) is 5.02 Å². The van der Waals surface area contributed by atoms with Crippen LogP contribution >= 0.6 is 11.6 Å². The van der Waals surface area contributed by atoms with Crippen molar-refractivity contribution in [3.05, 3.63) is 28.8 Å². The van der Waals surface area contributed by atoms with Crippen molar-refractivity contribution in [2.75, 3.05) is 18.5 Å². The summed E-state index contributed by atoms with van der Waals surface area (Å²) in [5, 5.41) is 4.05. The Morgan fingerprint density at radius 1 is 1.39 bits per heavy atom. The van der Waals surface area contributed by atoms with E-state index in [2.05, 4.69) is 35.3 Å². The Bertz CT molecular complexity index is 388. The minimum Gasteiger partial charge on any atom is -0.367 e. The van der Waals surface area contributed by atoms with E-state index >= 15 is 0 Å². The van der Waals surface area contributed by atoms with Crippen LogP contribution in [0.3, 0.4) is 0 Å². The van der Waals surface area contributed by atoms with Gasteiger partial charge in [0.1, 0.15) is 0 Å². The largest absolute Gasteiger partial charge is 0.367 e. The highest BCUT2D eigenvalue weighted by atomic mass is 35.5. The van der Waals surface area contributed by atoms with E-state index in [0.29, 0.717) is 0 Å². The van der Waals surface area contributed by atoms with Crippen molar-refractivity contribution >= 4 is 17.3 Å². The van der Waals surface area contributed by atoms with Gasteiger partial charge in [-0.25, -0.2) is 0 Å². The number of hydrogen-bond donors (Lipinski definition) is 1. The van der Waals surface area contributed by atoms with Gasteiger partial charge in [0.15, 0.2) is 0 Å². The monoisotopic (exact) mass is 266 g/mol. The second-order valence-corrected chi connectivity index (χ2v) is 5.50. The number of anilines is 1. The van der Waals surface area contributed by atoms with Crippen LogP contribution in [0.1, 0.15) is 38.2 Å². The molecule has 0 atom stereocenters. The van der Waals surface area contributed by atoms with Crippen molar-refractivity contribution < 1.29 is 0 Å². The van der Waals surface area contributed by atoms with Gasteiger partial charge in [-0.15, -0.1) is 0 Å². The second-order valence-electron chi connectivity index (χ2n) is 5.09. The van der Waals surface area contributed by atoms with Gasteiger partial charge in [0.2, 0.25) is 0 Å². The number of halogens is 1. The van der Waals surface area contributed by atoms with Crippen molar-refractivity contribution in [1.29, 1.82) is 0 Å². The van der Waals surface area contributed by atoms with E-state index in [1.165, 1.54) is 36.9 Å². The highest BCUT2D eigenvalue weighted by Gasteiger charge is 2.29. The summed E-state index contributed by atoms with van der Waals surface area (Å²) in [5.74, 6) is 0. The molecule has 1 aliphatic rings. The average Bonchev–Trinajstić information content (AvgIpc) is 3.17. The number of rotatable bonds is 7. The van der Waals surface area contributed by atoms with Crippen LogP contribution in [0.15, 0.2) is 18.2 Å². The molecule has 0 radical (unpaired) electrons. The Morgan fingerprint density at radius 2 is 2.17 bits per heavy atom. The van der Waals surface area contributed by atoms with Crippen molar-refractivity contribution in [2.24, 2.45) is 0 Å². The summed E-state index contributed by atoms with van der Waals surface area (Å²) in [6.45, 7) is 4.24. The van der Waals surface area contributed by atoms with E-state index in [4.69, 9.17) is 11.6 Å². The molecule has 1 aromatic rings. The summed E-state index contributed by atoms with van der Waals surface area (Å²) in [4.78, 5) is 2.50. The zero-order chi connectivity index (χ0) is 13.0. The maximum Gasteiger partial charge on any atom is 0.0642 e. The third kappa shape index (κ3) is 3.39. The standard InChI is InChI=1S/C15H23ClN2/c1-3-4-9-18(13-6-7-13)15-8-5-12(11-17-2)10-14(15)16/h5,8,10,13,17H,3-4,6-7,9,11H2,1-2H3. The molecule has 0 aliphatic heterocycles. The lowest BCUT2D eigenvalue weighted by Crippen LogP contribution is -2.27. The van der Waals surface area contributed by atoms with Crippen LogP contribution < -0.4 is 10.2 Å². The lowest BCUT2D eigenvalue weighted by Gasteiger charge is -2.26. The van der Waals surface area contributed by atoms with Gasteiger partial charge in [0.05, 0.1) is 10.7 Å². The molecule has 0 bridgehead atoms. The molecular weight excluding hydrogens is 244 g/mol. The first-order chi connectivity index (χ1) is 8.76. The summed E-state index contributed by atoms with van der Waals surface area (Å²) < 4.78 is 0. The molecule has 1 fully saturated rings. The van der Waals surface area contributed by atoms with Gasteiger partial charge in [-0.1, -0.05) is 31.0 Å². The van der Waals surface area contributed by atoms with Crippen LogP contribution in [0.4, 0.5) is 5.69 Å². The molecule has 3 heteroatoms. The van der Waals surface area contributed by atoms with Gasteiger partial charge in [-0.05, 0) is 44.0 Å². The molecule has 18 heavy (non-hydrogen) atoms. The molecule has 0 heterocycles. The van der Waals surface area contributed by atoms with E-state index in [0.717, 1.165) is 24.2 Å². The Morgan fingerprint density at radius 3 is 2.72 bits per heavy atom. The van der Waals surface area contributed by atoms with Gasteiger partial charge < -0.3 is 10.2 Å². The molecule has 1 saturated carbocycles. The topological polar surface area (TPSA) is 15.3 Å². The van der Waals surface area contributed by atoms with E-state index in [-0.39, 0.29) is 0 Å². The number of hydrogen-bond acceptors (Lipinski definition) is 2. The Kier molecular flexibility index (Phi) is 4.90. The van der Waals surface area contributed by atoms with Crippen molar-refractivity contribution in [2.45, 2.75) is 45.2 Å². The molecule has 1 aromatic carbocycles. The van der Waals surface area contributed by atoms with Crippen LogP contribution in [0, 0.1) is 0 Å². The molecule has 2 nitrogen and oxygen atoms in total. The zero-order valence-corrected chi connectivity index (χ0v) is 12.1. The fourth-order valence-electron chi connectivity index (χ4n) is 2.31. The van der Waals surface area contributed by atoms with Crippen molar-refractivity contribution in [3.63, 3.8) is 0 Å². The molecule has 0 unspecified atom stereocenters. The Labute approximate surface area is 115 Å². The first-order valence-corrected chi connectivity index (χ1v) is 7.33. The molecule has 2 rings (SSSR count). The fourth-order valence-corrected chi connectivity index (χ4v) is 2.62. The lowest BCUT2D eigenvalue weighted by atomic mass is 10.1. The Hall–Kier alpha value is -0.730. The number of unbranched alkanes of at least 4 members (excludes halogenated alkanes) is 1. The maximum atomic E-state index is 6.44. The molecule has 0 spiro atoms. The molecule has 1 aliphatic carbocycles. The lowest BCUT2D eigenvalue weighted by molar-refractivity contribution is 0.712. The molecule has 0 aromatic heterocycles. The number of nitrogens with zero attached hydrogens (tertiary/aromatic N) is 1. The molecule has 0 amide bonds. The minimum absolute atomic E-state index is 0.726. The third-order valence-electron chi connectivity index (χ3n) is 3.44. The van der Waals surface area contributed by atoms with E-state index in [1.54, 1.807) is 0 Å². The van der Waals surface area contributed by atoms with Gasteiger partial charge in [0.25, 0.3) is 0 Å². The first-order valence-electron chi connectivity index (χ1n) is 6.96. The summed E-state index contributed by atoms with van der Waals surface area (Å²) in [6, 6.07) is 7.18. The molecule has 1 N–H and O–H groups in total. The van der Waals surface area contributed by atoms with Crippen molar-refractivity contribution in [3.8, 4) is 0 Å².